The van der Waals surface area contributed by atoms with Crippen LogP contribution >= 0.6 is 11.6 Å². The molecule has 0 spiro atoms. The van der Waals surface area contributed by atoms with Gasteiger partial charge in [-0.05, 0) is 35.4 Å². The predicted octanol–water partition coefficient (Wildman–Crippen LogP) is 3.15. The maximum Gasteiger partial charge on any atom is 0.227 e. The van der Waals surface area contributed by atoms with E-state index in [1.165, 1.54) is 5.69 Å². The summed E-state index contributed by atoms with van der Waals surface area (Å²) in [6, 6.07) is 12.0. The zero-order valence-electron chi connectivity index (χ0n) is 16.5. The fourth-order valence-electron chi connectivity index (χ4n) is 3.57. The molecule has 2 aliphatic rings. The number of likely N-dealkylation sites (N-methyl/N-ethyl adjacent to an activating group) is 1. The summed E-state index contributed by atoms with van der Waals surface area (Å²) >= 11 is 6.28. The van der Waals surface area contributed by atoms with Crippen molar-refractivity contribution in [2.45, 2.75) is 13.0 Å². The Morgan fingerprint density at radius 2 is 1.76 bits per heavy atom. The van der Waals surface area contributed by atoms with Gasteiger partial charge in [0.2, 0.25) is 5.91 Å². The lowest BCUT2D eigenvalue weighted by molar-refractivity contribution is -0.129. The second-order valence-corrected chi connectivity index (χ2v) is 7.70. The molecular formula is C22H25ClN2O4. The van der Waals surface area contributed by atoms with E-state index in [1.54, 1.807) is 11.0 Å². The van der Waals surface area contributed by atoms with Gasteiger partial charge in [0.1, 0.15) is 13.2 Å². The summed E-state index contributed by atoms with van der Waals surface area (Å²) in [5.41, 5.74) is 3.11. The molecule has 0 atom stereocenters. The van der Waals surface area contributed by atoms with Crippen molar-refractivity contribution < 1.29 is 19.0 Å². The lowest BCUT2D eigenvalue weighted by Crippen LogP contribution is -2.36. The Morgan fingerprint density at radius 3 is 2.52 bits per heavy atom. The highest BCUT2D eigenvalue weighted by Gasteiger charge is 2.19. The van der Waals surface area contributed by atoms with E-state index in [4.69, 9.17) is 25.8 Å². The standard InChI is InChI=1S/C22H25ClN2O4/c1-24(15-16-2-4-18(5-3-16)25-6-8-27-9-7-25)21(26)14-17-12-19(23)22-20(13-17)28-10-11-29-22/h2-5,12-13H,6-11,14-15H2,1H3. The highest BCUT2D eigenvalue weighted by Crippen LogP contribution is 2.38. The Balaban J connectivity index is 1.36. The molecule has 6 nitrogen and oxygen atoms in total. The molecule has 2 aromatic rings. The highest BCUT2D eigenvalue weighted by molar-refractivity contribution is 6.32. The first-order chi connectivity index (χ1) is 14.1. The van der Waals surface area contributed by atoms with E-state index < -0.39 is 0 Å². The van der Waals surface area contributed by atoms with Gasteiger partial charge < -0.3 is 24.0 Å². The second-order valence-electron chi connectivity index (χ2n) is 7.29. The summed E-state index contributed by atoms with van der Waals surface area (Å²) in [4.78, 5) is 16.7. The molecule has 29 heavy (non-hydrogen) atoms. The number of fused-ring (bicyclic) bond motifs is 1. The fourth-order valence-corrected chi connectivity index (χ4v) is 3.86. The SMILES string of the molecule is CN(Cc1ccc(N2CCOCC2)cc1)C(=O)Cc1cc(Cl)c2c(c1)OCCO2. The molecule has 2 aromatic carbocycles. The van der Waals surface area contributed by atoms with Gasteiger partial charge >= 0.3 is 0 Å². The molecule has 154 valence electrons. The van der Waals surface area contributed by atoms with Gasteiger partial charge in [-0.1, -0.05) is 23.7 Å². The summed E-state index contributed by atoms with van der Waals surface area (Å²) in [6.45, 7) is 4.89. The molecule has 1 saturated heterocycles. The van der Waals surface area contributed by atoms with Crippen LogP contribution < -0.4 is 14.4 Å². The fraction of sp³-hybridized carbons (Fsp3) is 0.409. The predicted molar refractivity (Wildman–Crippen MR) is 112 cm³/mol. The number of hydrogen-bond acceptors (Lipinski definition) is 5. The van der Waals surface area contributed by atoms with E-state index in [9.17, 15) is 4.79 Å². The van der Waals surface area contributed by atoms with Crippen molar-refractivity contribution in [1.29, 1.82) is 0 Å². The summed E-state index contributed by atoms with van der Waals surface area (Å²) < 4.78 is 16.5. The lowest BCUT2D eigenvalue weighted by atomic mass is 10.1. The van der Waals surface area contributed by atoms with E-state index in [0.717, 1.165) is 37.4 Å². The van der Waals surface area contributed by atoms with Crippen molar-refractivity contribution in [3.05, 3.63) is 52.5 Å². The van der Waals surface area contributed by atoms with Crippen LogP contribution in [0.4, 0.5) is 5.69 Å². The number of hydrogen-bond donors (Lipinski definition) is 0. The Kier molecular flexibility index (Phi) is 6.11. The van der Waals surface area contributed by atoms with Gasteiger partial charge in [-0.15, -0.1) is 0 Å². The first-order valence-electron chi connectivity index (χ1n) is 9.84. The number of rotatable bonds is 5. The van der Waals surface area contributed by atoms with Crippen LogP contribution in [0, 0.1) is 0 Å². The molecule has 4 rings (SSSR count). The first kappa shape index (κ1) is 19.9. The van der Waals surface area contributed by atoms with Crippen LogP contribution in [0.15, 0.2) is 36.4 Å². The van der Waals surface area contributed by atoms with Crippen molar-refractivity contribution in [2.24, 2.45) is 0 Å². The Bertz CT molecular complexity index is 866. The van der Waals surface area contributed by atoms with Gasteiger partial charge in [-0.2, -0.15) is 0 Å². The number of carbonyl (C=O) groups excluding carboxylic acids is 1. The number of anilines is 1. The van der Waals surface area contributed by atoms with Gasteiger partial charge in [0.25, 0.3) is 0 Å². The van der Waals surface area contributed by atoms with E-state index in [1.807, 2.05) is 13.1 Å². The molecule has 1 fully saturated rings. The maximum absolute atomic E-state index is 12.7. The number of amides is 1. The molecule has 0 aromatic heterocycles. The summed E-state index contributed by atoms with van der Waals surface area (Å²) in [5.74, 6) is 1.19. The molecule has 1 amide bonds. The molecule has 0 unspecified atom stereocenters. The second kappa shape index (κ2) is 8.93. The Morgan fingerprint density at radius 1 is 1.03 bits per heavy atom. The zero-order chi connectivity index (χ0) is 20.2. The van der Waals surface area contributed by atoms with Crippen molar-refractivity contribution in [1.82, 2.24) is 4.90 Å². The number of nitrogens with zero attached hydrogens (tertiary/aromatic N) is 2. The van der Waals surface area contributed by atoms with Crippen molar-refractivity contribution >= 4 is 23.2 Å². The molecule has 0 N–H and O–H groups in total. The van der Waals surface area contributed by atoms with E-state index >= 15 is 0 Å². The van der Waals surface area contributed by atoms with Crippen LogP contribution in [-0.4, -0.2) is 57.4 Å². The quantitative estimate of drug-likeness (QED) is 0.749. The topological polar surface area (TPSA) is 51.2 Å². The minimum atomic E-state index is 0.0231. The minimum Gasteiger partial charge on any atom is -0.486 e. The highest BCUT2D eigenvalue weighted by atomic mass is 35.5. The third-order valence-corrected chi connectivity index (χ3v) is 5.45. The number of halogens is 1. The van der Waals surface area contributed by atoms with Crippen molar-refractivity contribution in [3.63, 3.8) is 0 Å². The van der Waals surface area contributed by atoms with Gasteiger partial charge in [0.15, 0.2) is 11.5 Å². The van der Waals surface area contributed by atoms with Gasteiger partial charge in [-0.3, -0.25) is 4.79 Å². The van der Waals surface area contributed by atoms with Gasteiger partial charge in [-0.25, -0.2) is 0 Å². The van der Waals surface area contributed by atoms with Crippen LogP contribution in [0.3, 0.4) is 0 Å². The Labute approximate surface area is 175 Å². The molecule has 0 aliphatic carbocycles. The minimum absolute atomic E-state index is 0.0231. The van der Waals surface area contributed by atoms with Crippen LogP contribution in [0.2, 0.25) is 5.02 Å². The summed E-state index contributed by atoms with van der Waals surface area (Å²) in [5, 5.41) is 0.478. The molecule has 2 heterocycles. The number of morpholine rings is 1. The maximum atomic E-state index is 12.7. The van der Waals surface area contributed by atoms with Gasteiger partial charge in [0.05, 0.1) is 24.7 Å². The molecular weight excluding hydrogens is 392 g/mol. The van der Waals surface area contributed by atoms with E-state index in [-0.39, 0.29) is 12.3 Å². The third kappa shape index (κ3) is 4.77. The number of ether oxygens (including phenoxy) is 3. The smallest absolute Gasteiger partial charge is 0.227 e. The largest absolute Gasteiger partial charge is 0.486 e. The third-order valence-electron chi connectivity index (χ3n) is 5.17. The van der Waals surface area contributed by atoms with Crippen LogP contribution in [-0.2, 0) is 22.5 Å². The first-order valence-corrected chi connectivity index (χ1v) is 10.2. The molecule has 0 saturated carbocycles. The summed E-state index contributed by atoms with van der Waals surface area (Å²) in [7, 11) is 1.82. The summed E-state index contributed by atoms with van der Waals surface area (Å²) in [6.07, 6.45) is 0.263. The monoisotopic (exact) mass is 416 g/mol. The average Bonchev–Trinajstić information content (AvgIpc) is 2.75. The van der Waals surface area contributed by atoms with Crippen LogP contribution in [0.5, 0.6) is 11.5 Å². The van der Waals surface area contributed by atoms with E-state index in [0.29, 0.717) is 36.3 Å². The van der Waals surface area contributed by atoms with Crippen molar-refractivity contribution in [3.8, 4) is 11.5 Å². The molecule has 0 radical (unpaired) electrons. The van der Waals surface area contributed by atoms with Crippen molar-refractivity contribution in [2.75, 3.05) is 51.5 Å². The molecule has 2 aliphatic heterocycles. The van der Waals surface area contributed by atoms with Gasteiger partial charge in [0, 0.05) is 32.4 Å². The lowest BCUT2D eigenvalue weighted by Gasteiger charge is -2.29. The number of benzene rings is 2. The van der Waals surface area contributed by atoms with E-state index in [2.05, 4.69) is 29.2 Å². The zero-order valence-corrected chi connectivity index (χ0v) is 17.3. The molecule has 0 bridgehead atoms. The normalized spacial score (nSPS) is 15.9. The Hall–Kier alpha value is -2.44. The van der Waals surface area contributed by atoms with Crippen LogP contribution in [0.25, 0.3) is 0 Å². The number of carbonyl (C=O) groups is 1. The molecule has 7 heteroatoms. The average molecular weight is 417 g/mol. The van der Waals surface area contributed by atoms with Crippen LogP contribution in [0.1, 0.15) is 11.1 Å².